The summed E-state index contributed by atoms with van der Waals surface area (Å²) in [6.45, 7) is 5.13. The van der Waals surface area contributed by atoms with Crippen molar-refractivity contribution in [3.8, 4) is 0 Å². The SMILES string of the molecule is CC1(C)CC1NS(=O)(=O)c1ccc2c(c1)CCCN2. The van der Waals surface area contributed by atoms with Crippen molar-refractivity contribution in [3.05, 3.63) is 23.8 Å². The molecule has 1 aliphatic heterocycles. The van der Waals surface area contributed by atoms with E-state index in [0.29, 0.717) is 4.90 Å². The van der Waals surface area contributed by atoms with Crippen LogP contribution in [-0.2, 0) is 16.4 Å². The Bertz CT molecular complexity index is 608. The average Bonchev–Trinajstić information content (AvgIpc) is 2.95. The van der Waals surface area contributed by atoms with Crippen molar-refractivity contribution in [2.45, 2.75) is 44.0 Å². The van der Waals surface area contributed by atoms with Gasteiger partial charge in [0.1, 0.15) is 0 Å². The fourth-order valence-corrected chi connectivity index (χ4v) is 4.00. The molecular formula is C14H20N2O2S. The molecule has 4 nitrogen and oxygen atoms in total. The summed E-state index contributed by atoms with van der Waals surface area (Å²) in [7, 11) is -3.38. The van der Waals surface area contributed by atoms with E-state index in [1.54, 1.807) is 12.1 Å². The van der Waals surface area contributed by atoms with Crippen LogP contribution in [0.15, 0.2) is 23.1 Å². The second kappa shape index (κ2) is 4.21. The van der Waals surface area contributed by atoms with Crippen molar-refractivity contribution < 1.29 is 8.42 Å². The lowest BCUT2D eigenvalue weighted by Crippen LogP contribution is -2.28. The third kappa shape index (κ3) is 2.49. The van der Waals surface area contributed by atoms with Crippen molar-refractivity contribution in [3.63, 3.8) is 0 Å². The van der Waals surface area contributed by atoms with Crippen LogP contribution < -0.4 is 10.0 Å². The number of sulfonamides is 1. The molecule has 0 spiro atoms. The number of anilines is 1. The van der Waals surface area contributed by atoms with Crippen LogP contribution in [0.25, 0.3) is 0 Å². The average molecular weight is 280 g/mol. The lowest BCUT2D eigenvalue weighted by atomic mass is 10.0. The fourth-order valence-electron chi connectivity index (χ4n) is 2.54. The Morgan fingerprint density at radius 3 is 2.79 bits per heavy atom. The van der Waals surface area contributed by atoms with E-state index in [1.807, 2.05) is 6.07 Å². The zero-order valence-corrected chi connectivity index (χ0v) is 12.2. The Morgan fingerprint density at radius 1 is 1.37 bits per heavy atom. The minimum atomic E-state index is -3.38. The van der Waals surface area contributed by atoms with Crippen LogP contribution in [0.2, 0.25) is 0 Å². The molecule has 0 amide bonds. The molecule has 1 atom stereocenters. The van der Waals surface area contributed by atoms with Crippen LogP contribution in [-0.4, -0.2) is 21.0 Å². The van der Waals surface area contributed by atoms with Crippen LogP contribution in [0.4, 0.5) is 5.69 Å². The number of hydrogen-bond acceptors (Lipinski definition) is 3. The zero-order chi connectivity index (χ0) is 13.7. The Balaban J connectivity index is 1.85. The third-order valence-electron chi connectivity index (χ3n) is 4.14. The molecule has 104 valence electrons. The van der Waals surface area contributed by atoms with Crippen LogP contribution in [0.5, 0.6) is 0 Å². The van der Waals surface area contributed by atoms with Crippen molar-refractivity contribution in [2.75, 3.05) is 11.9 Å². The van der Waals surface area contributed by atoms with Crippen molar-refractivity contribution >= 4 is 15.7 Å². The van der Waals surface area contributed by atoms with E-state index in [2.05, 4.69) is 23.9 Å². The molecule has 0 aromatic heterocycles. The van der Waals surface area contributed by atoms with Gasteiger partial charge in [0.2, 0.25) is 10.0 Å². The molecule has 1 aromatic rings. The molecule has 1 aromatic carbocycles. The Labute approximate surface area is 114 Å². The van der Waals surface area contributed by atoms with E-state index in [0.717, 1.165) is 37.1 Å². The summed E-state index contributed by atoms with van der Waals surface area (Å²) in [6.07, 6.45) is 2.92. The molecule has 19 heavy (non-hydrogen) atoms. The standard InChI is InChI=1S/C14H20N2O2S/c1-14(2)9-13(14)16-19(17,18)11-5-6-12-10(8-11)4-3-7-15-12/h5-6,8,13,15-16H,3-4,7,9H2,1-2H3. The second-order valence-corrected chi connectivity index (χ2v) is 7.93. The molecule has 5 heteroatoms. The predicted octanol–water partition coefficient (Wildman–Crippen LogP) is 2.12. The fraction of sp³-hybridized carbons (Fsp3) is 0.571. The molecule has 3 rings (SSSR count). The van der Waals surface area contributed by atoms with Gasteiger partial charge in [0.25, 0.3) is 0 Å². The van der Waals surface area contributed by atoms with Crippen molar-refractivity contribution in [1.82, 2.24) is 4.72 Å². The normalized spacial score (nSPS) is 24.4. The molecule has 1 aliphatic carbocycles. The lowest BCUT2D eigenvalue weighted by molar-refractivity contribution is 0.555. The van der Waals surface area contributed by atoms with E-state index >= 15 is 0 Å². The van der Waals surface area contributed by atoms with E-state index in [-0.39, 0.29) is 11.5 Å². The molecule has 2 N–H and O–H groups in total. The highest BCUT2D eigenvalue weighted by molar-refractivity contribution is 7.89. The van der Waals surface area contributed by atoms with E-state index < -0.39 is 10.0 Å². The highest BCUT2D eigenvalue weighted by Gasteiger charge is 2.47. The zero-order valence-electron chi connectivity index (χ0n) is 11.4. The van der Waals surface area contributed by atoms with E-state index in [9.17, 15) is 8.42 Å². The van der Waals surface area contributed by atoms with Gasteiger partial charge in [-0.2, -0.15) is 0 Å². The molecule has 2 aliphatic rings. The highest BCUT2D eigenvalue weighted by Crippen LogP contribution is 2.45. The summed E-state index contributed by atoms with van der Waals surface area (Å²) >= 11 is 0. The summed E-state index contributed by atoms with van der Waals surface area (Å²) in [4.78, 5) is 0.387. The molecular weight excluding hydrogens is 260 g/mol. The molecule has 1 heterocycles. The molecule has 0 bridgehead atoms. The van der Waals surface area contributed by atoms with Crippen LogP contribution >= 0.6 is 0 Å². The number of nitrogens with one attached hydrogen (secondary N) is 2. The topological polar surface area (TPSA) is 58.2 Å². The van der Waals surface area contributed by atoms with Gasteiger partial charge in [-0.25, -0.2) is 13.1 Å². The second-order valence-electron chi connectivity index (χ2n) is 6.22. The number of rotatable bonds is 3. The predicted molar refractivity (Wildman–Crippen MR) is 75.8 cm³/mol. The van der Waals surface area contributed by atoms with Gasteiger partial charge in [-0.3, -0.25) is 0 Å². The summed E-state index contributed by atoms with van der Waals surface area (Å²) in [5.41, 5.74) is 2.27. The van der Waals surface area contributed by atoms with Crippen LogP contribution in [0, 0.1) is 5.41 Å². The lowest BCUT2D eigenvalue weighted by Gasteiger charge is -2.18. The maximum atomic E-state index is 12.3. The first kappa shape index (κ1) is 12.9. The summed E-state index contributed by atoms with van der Waals surface area (Å²) in [5, 5.41) is 3.29. The van der Waals surface area contributed by atoms with Gasteiger partial charge in [0.05, 0.1) is 4.90 Å². The summed E-state index contributed by atoms with van der Waals surface area (Å²) < 4.78 is 27.4. The Morgan fingerprint density at radius 2 is 2.11 bits per heavy atom. The van der Waals surface area contributed by atoms with Gasteiger partial charge in [-0.05, 0) is 48.4 Å². The highest BCUT2D eigenvalue weighted by atomic mass is 32.2. The number of hydrogen-bond donors (Lipinski definition) is 2. The number of aryl methyl sites for hydroxylation is 1. The third-order valence-corrected chi connectivity index (χ3v) is 5.61. The molecule has 0 saturated heterocycles. The smallest absolute Gasteiger partial charge is 0.240 e. The minimum Gasteiger partial charge on any atom is -0.385 e. The van der Waals surface area contributed by atoms with E-state index in [4.69, 9.17) is 0 Å². The van der Waals surface area contributed by atoms with Crippen LogP contribution in [0.3, 0.4) is 0 Å². The maximum Gasteiger partial charge on any atom is 0.240 e. The van der Waals surface area contributed by atoms with Gasteiger partial charge in [0.15, 0.2) is 0 Å². The first-order chi connectivity index (χ1) is 8.88. The van der Waals surface area contributed by atoms with Gasteiger partial charge in [0, 0.05) is 18.3 Å². The first-order valence-corrected chi connectivity index (χ1v) is 8.26. The summed E-state index contributed by atoms with van der Waals surface area (Å²) in [6, 6.07) is 5.45. The largest absolute Gasteiger partial charge is 0.385 e. The molecule has 1 fully saturated rings. The molecule has 1 unspecified atom stereocenters. The van der Waals surface area contributed by atoms with Gasteiger partial charge in [-0.15, -0.1) is 0 Å². The Hall–Kier alpha value is -1.07. The first-order valence-electron chi connectivity index (χ1n) is 6.78. The maximum absolute atomic E-state index is 12.3. The van der Waals surface area contributed by atoms with Gasteiger partial charge < -0.3 is 5.32 Å². The summed E-state index contributed by atoms with van der Waals surface area (Å²) in [5.74, 6) is 0. The van der Waals surface area contributed by atoms with Crippen molar-refractivity contribution in [1.29, 1.82) is 0 Å². The van der Waals surface area contributed by atoms with Crippen LogP contribution in [0.1, 0.15) is 32.3 Å². The Kier molecular flexibility index (Phi) is 2.87. The number of benzene rings is 1. The van der Waals surface area contributed by atoms with Gasteiger partial charge >= 0.3 is 0 Å². The van der Waals surface area contributed by atoms with Crippen molar-refractivity contribution in [2.24, 2.45) is 5.41 Å². The quantitative estimate of drug-likeness (QED) is 0.891. The monoisotopic (exact) mass is 280 g/mol. The number of fused-ring (bicyclic) bond motifs is 1. The van der Waals surface area contributed by atoms with Gasteiger partial charge in [-0.1, -0.05) is 13.8 Å². The molecule has 0 radical (unpaired) electrons. The van der Waals surface area contributed by atoms with E-state index in [1.165, 1.54) is 0 Å². The molecule has 1 saturated carbocycles. The minimum absolute atomic E-state index is 0.0756.